The van der Waals surface area contributed by atoms with Gasteiger partial charge in [0.1, 0.15) is 12.7 Å². The fourth-order valence-electron chi connectivity index (χ4n) is 5.12. The summed E-state index contributed by atoms with van der Waals surface area (Å²) in [6.45, 7) is -0.367. The van der Waals surface area contributed by atoms with E-state index in [1.54, 1.807) is 115 Å². The molecule has 2 heterocycles. The summed E-state index contributed by atoms with van der Waals surface area (Å²) in [5.41, 5.74) is 0.337. The molecule has 0 bridgehead atoms. The fourth-order valence-corrected chi connectivity index (χ4v) is 5.30. The number of nitrogens with zero attached hydrogens (tertiary/aromatic N) is 1. The van der Waals surface area contributed by atoms with E-state index in [9.17, 15) is 19.2 Å². The lowest BCUT2D eigenvalue weighted by Crippen LogP contribution is -2.42. The Morgan fingerprint density at radius 2 is 1.22 bits per heavy atom. The predicted molar refractivity (Wildman–Crippen MR) is 165 cm³/mol. The summed E-state index contributed by atoms with van der Waals surface area (Å²) in [5.74, 6) is -2.07. The third kappa shape index (κ3) is 6.50. The number of pyridine rings is 1. The SMILES string of the molecule is O=C(OC[C@H]1O[C@@H](n2ccc3cc(Cl)ccc3c2=O)[C@H](OC(=O)c2ccccc2)[C@H]1OC(=O)c1ccccc1)c1ccccc1. The number of carbonyl (C=O) groups is 3. The van der Waals surface area contributed by atoms with E-state index in [1.807, 2.05) is 0 Å². The molecule has 0 unspecified atom stereocenters. The summed E-state index contributed by atoms with van der Waals surface area (Å²) >= 11 is 6.14. The maximum atomic E-state index is 13.7. The highest BCUT2D eigenvalue weighted by Crippen LogP contribution is 2.35. The highest BCUT2D eigenvalue weighted by molar-refractivity contribution is 6.31. The molecule has 6 rings (SSSR count). The third-order valence-electron chi connectivity index (χ3n) is 7.35. The zero-order valence-corrected chi connectivity index (χ0v) is 24.4. The normalized spacial score (nSPS) is 19.1. The van der Waals surface area contributed by atoms with Crippen molar-refractivity contribution < 1.29 is 33.3 Å². The zero-order valence-electron chi connectivity index (χ0n) is 23.7. The first-order valence-electron chi connectivity index (χ1n) is 14.1. The molecule has 45 heavy (non-hydrogen) atoms. The van der Waals surface area contributed by atoms with Crippen LogP contribution in [0.5, 0.6) is 0 Å². The van der Waals surface area contributed by atoms with E-state index in [0.29, 0.717) is 21.4 Å². The summed E-state index contributed by atoms with van der Waals surface area (Å²) in [4.78, 5) is 53.3. The van der Waals surface area contributed by atoms with Crippen LogP contribution >= 0.6 is 11.6 Å². The summed E-state index contributed by atoms with van der Waals surface area (Å²) in [5, 5.41) is 1.40. The number of halogens is 1. The Kier molecular flexibility index (Phi) is 8.72. The Bertz CT molecular complexity index is 1900. The van der Waals surface area contributed by atoms with Crippen molar-refractivity contribution in [3.63, 3.8) is 0 Å². The zero-order chi connectivity index (χ0) is 31.3. The van der Waals surface area contributed by atoms with Gasteiger partial charge in [0.2, 0.25) is 0 Å². The molecule has 10 heteroatoms. The minimum atomic E-state index is -1.31. The average Bonchev–Trinajstić information content (AvgIpc) is 3.40. The Balaban J connectivity index is 1.39. The van der Waals surface area contributed by atoms with E-state index >= 15 is 0 Å². The van der Waals surface area contributed by atoms with E-state index in [2.05, 4.69) is 0 Å². The molecule has 9 nitrogen and oxygen atoms in total. The Morgan fingerprint density at radius 3 is 1.80 bits per heavy atom. The van der Waals surface area contributed by atoms with Gasteiger partial charge in [-0.05, 0) is 66.0 Å². The predicted octanol–water partition coefficient (Wildman–Crippen LogP) is 5.86. The fraction of sp³-hybridized carbons (Fsp3) is 0.143. The standard InChI is InChI=1S/C35H26ClNO8/c36-26-16-17-27-25(20-26)18-19-37(31(27)38)32-30(45-35(41)24-14-8-3-9-15-24)29(44-34(40)23-12-6-2-7-13-23)28(43-32)21-42-33(39)22-10-4-1-5-11-22/h1-20,28-30,32H,21H2/t28-,29+,30-,32-/m1/s1. The molecule has 0 N–H and O–H groups in total. The number of ether oxygens (including phenoxy) is 4. The van der Waals surface area contributed by atoms with Crippen LogP contribution in [0.15, 0.2) is 126 Å². The van der Waals surface area contributed by atoms with Gasteiger partial charge in [-0.15, -0.1) is 0 Å². The van der Waals surface area contributed by atoms with Crippen molar-refractivity contribution in [2.45, 2.75) is 24.5 Å². The van der Waals surface area contributed by atoms with Gasteiger partial charge in [-0.3, -0.25) is 9.36 Å². The number of fused-ring (bicyclic) bond motifs is 1. The van der Waals surface area contributed by atoms with Gasteiger partial charge in [-0.1, -0.05) is 66.2 Å². The van der Waals surface area contributed by atoms with Crippen LogP contribution in [0.25, 0.3) is 10.8 Å². The molecule has 0 amide bonds. The second-order valence-corrected chi connectivity index (χ2v) is 10.7. The largest absolute Gasteiger partial charge is 0.459 e. The molecule has 1 aliphatic heterocycles. The van der Waals surface area contributed by atoms with Crippen molar-refractivity contribution in [2.24, 2.45) is 0 Å². The topological polar surface area (TPSA) is 110 Å². The van der Waals surface area contributed by atoms with E-state index < -0.39 is 48.0 Å². The van der Waals surface area contributed by atoms with Gasteiger partial charge in [-0.2, -0.15) is 0 Å². The van der Waals surface area contributed by atoms with Crippen molar-refractivity contribution >= 4 is 40.3 Å². The van der Waals surface area contributed by atoms with Crippen LogP contribution in [0.4, 0.5) is 0 Å². The number of hydrogen-bond acceptors (Lipinski definition) is 8. The summed E-state index contributed by atoms with van der Waals surface area (Å²) in [6, 6.07) is 31.4. The molecule has 1 fully saturated rings. The Hall–Kier alpha value is -5.25. The molecule has 1 saturated heterocycles. The molecule has 5 aromatic rings. The first-order valence-corrected chi connectivity index (χ1v) is 14.5. The van der Waals surface area contributed by atoms with Crippen LogP contribution in [0, 0.1) is 0 Å². The van der Waals surface area contributed by atoms with E-state index in [-0.39, 0.29) is 17.7 Å². The molecule has 4 atom stereocenters. The van der Waals surface area contributed by atoms with Gasteiger partial charge in [0, 0.05) is 16.6 Å². The van der Waals surface area contributed by atoms with Crippen molar-refractivity contribution in [1.82, 2.24) is 4.57 Å². The molecule has 0 aliphatic carbocycles. The quantitative estimate of drug-likeness (QED) is 0.156. The van der Waals surface area contributed by atoms with Crippen LogP contribution < -0.4 is 5.56 Å². The minimum Gasteiger partial charge on any atom is -0.459 e. The van der Waals surface area contributed by atoms with Gasteiger partial charge in [-0.25, -0.2) is 14.4 Å². The van der Waals surface area contributed by atoms with E-state index in [1.165, 1.54) is 10.8 Å². The number of esters is 3. The molecule has 226 valence electrons. The molecule has 0 saturated carbocycles. The van der Waals surface area contributed by atoms with Crippen molar-refractivity contribution in [2.75, 3.05) is 6.61 Å². The number of benzene rings is 4. The van der Waals surface area contributed by atoms with E-state index in [0.717, 1.165) is 0 Å². The highest BCUT2D eigenvalue weighted by atomic mass is 35.5. The van der Waals surface area contributed by atoms with Gasteiger partial charge >= 0.3 is 17.9 Å². The summed E-state index contributed by atoms with van der Waals surface area (Å²) < 4.78 is 25.0. The average molecular weight is 624 g/mol. The minimum absolute atomic E-state index is 0.240. The number of hydrogen-bond donors (Lipinski definition) is 0. The van der Waals surface area contributed by atoms with Gasteiger partial charge < -0.3 is 18.9 Å². The van der Waals surface area contributed by atoms with Gasteiger partial charge in [0.05, 0.1) is 16.7 Å². The number of rotatable bonds is 8. The maximum absolute atomic E-state index is 13.7. The lowest BCUT2D eigenvalue weighted by atomic mass is 10.1. The summed E-state index contributed by atoms with van der Waals surface area (Å²) in [7, 11) is 0. The highest BCUT2D eigenvalue weighted by Gasteiger charge is 2.51. The van der Waals surface area contributed by atoms with Crippen LogP contribution in [-0.2, 0) is 18.9 Å². The lowest BCUT2D eigenvalue weighted by molar-refractivity contribution is -0.0632. The summed E-state index contributed by atoms with van der Waals surface area (Å²) in [6.07, 6.45) is -3.46. The lowest BCUT2D eigenvalue weighted by Gasteiger charge is -2.25. The molecule has 1 aliphatic rings. The second kappa shape index (κ2) is 13.2. The van der Waals surface area contributed by atoms with Crippen LogP contribution in [0.3, 0.4) is 0 Å². The first-order chi connectivity index (χ1) is 21.9. The Morgan fingerprint density at radius 1 is 0.689 bits per heavy atom. The van der Waals surface area contributed by atoms with Crippen LogP contribution in [0.1, 0.15) is 37.3 Å². The Labute approximate surface area is 262 Å². The number of carbonyl (C=O) groups excluding carboxylic acids is 3. The van der Waals surface area contributed by atoms with Crippen molar-refractivity contribution in [3.05, 3.63) is 154 Å². The van der Waals surface area contributed by atoms with Gasteiger partial charge in [0.25, 0.3) is 5.56 Å². The van der Waals surface area contributed by atoms with Crippen LogP contribution in [-0.4, -0.2) is 47.4 Å². The monoisotopic (exact) mass is 623 g/mol. The molecule has 0 spiro atoms. The van der Waals surface area contributed by atoms with E-state index in [4.69, 9.17) is 30.5 Å². The van der Waals surface area contributed by atoms with Crippen molar-refractivity contribution in [3.8, 4) is 0 Å². The number of aromatic nitrogens is 1. The maximum Gasteiger partial charge on any atom is 0.338 e. The van der Waals surface area contributed by atoms with Crippen molar-refractivity contribution in [1.29, 1.82) is 0 Å². The molecular weight excluding hydrogens is 598 g/mol. The second-order valence-electron chi connectivity index (χ2n) is 10.3. The first kappa shape index (κ1) is 29.8. The molecule has 4 aromatic carbocycles. The third-order valence-corrected chi connectivity index (χ3v) is 7.58. The molecular formula is C35H26ClNO8. The van der Waals surface area contributed by atoms with Gasteiger partial charge in [0.15, 0.2) is 18.4 Å². The smallest absolute Gasteiger partial charge is 0.338 e. The molecule has 1 aromatic heterocycles. The van der Waals surface area contributed by atoms with Crippen LogP contribution in [0.2, 0.25) is 5.02 Å². The molecule has 0 radical (unpaired) electrons.